The Kier molecular flexibility index (Phi) is 4.54. The van der Waals surface area contributed by atoms with E-state index in [1.807, 2.05) is 6.92 Å². The Morgan fingerprint density at radius 1 is 1.69 bits per heavy atom. The number of carboxylic acid groups (broad SMARTS) is 1. The van der Waals surface area contributed by atoms with Crippen LogP contribution in [0, 0.1) is 5.92 Å². The van der Waals surface area contributed by atoms with Crippen LogP contribution < -0.4 is 5.56 Å². The van der Waals surface area contributed by atoms with Gasteiger partial charge in [-0.2, -0.15) is 0 Å². The third-order valence-electron chi connectivity index (χ3n) is 2.11. The average molecular weight is 242 g/mol. The molecular formula is C10H14N2O3S. The van der Waals surface area contributed by atoms with E-state index in [4.69, 9.17) is 5.11 Å². The van der Waals surface area contributed by atoms with Crippen molar-refractivity contribution < 1.29 is 9.90 Å². The van der Waals surface area contributed by atoms with E-state index in [2.05, 4.69) is 4.98 Å². The van der Waals surface area contributed by atoms with Gasteiger partial charge in [0.25, 0.3) is 5.56 Å². The molecule has 0 fully saturated rings. The molecule has 6 heteroatoms. The van der Waals surface area contributed by atoms with Gasteiger partial charge in [0.05, 0.1) is 5.92 Å². The van der Waals surface area contributed by atoms with Crippen molar-refractivity contribution in [2.75, 3.05) is 5.75 Å². The molecule has 16 heavy (non-hydrogen) atoms. The van der Waals surface area contributed by atoms with E-state index < -0.39 is 11.9 Å². The Labute approximate surface area is 97.5 Å². The first kappa shape index (κ1) is 12.8. The standard InChI is InChI=1S/C10H14N2O3S/c1-3-12-5-4-11-8(9(12)13)16-6-7(2)10(14)15/h4-5,7H,3,6H2,1-2H3,(H,14,15). The first-order valence-corrected chi connectivity index (χ1v) is 5.95. The molecule has 0 saturated carbocycles. The lowest BCUT2D eigenvalue weighted by atomic mass is 10.2. The Bertz CT molecular complexity index is 430. The molecule has 0 aliphatic rings. The summed E-state index contributed by atoms with van der Waals surface area (Å²) < 4.78 is 1.54. The predicted molar refractivity (Wildman–Crippen MR) is 61.7 cm³/mol. The van der Waals surface area contributed by atoms with Crippen LogP contribution >= 0.6 is 11.8 Å². The minimum Gasteiger partial charge on any atom is -0.481 e. The average Bonchev–Trinajstić information content (AvgIpc) is 2.27. The Hall–Kier alpha value is -1.30. The SMILES string of the molecule is CCn1ccnc(SCC(C)C(=O)O)c1=O. The highest BCUT2D eigenvalue weighted by molar-refractivity contribution is 7.99. The smallest absolute Gasteiger partial charge is 0.307 e. The fourth-order valence-corrected chi connectivity index (χ4v) is 1.98. The molecule has 88 valence electrons. The molecule has 1 heterocycles. The van der Waals surface area contributed by atoms with Crippen molar-refractivity contribution in [3.8, 4) is 0 Å². The van der Waals surface area contributed by atoms with Crippen LogP contribution in [0.15, 0.2) is 22.2 Å². The summed E-state index contributed by atoms with van der Waals surface area (Å²) in [7, 11) is 0. The molecule has 1 N–H and O–H groups in total. The summed E-state index contributed by atoms with van der Waals surface area (Å²) in [6.45, 7) is 4.07. The normalized spacial score (nSPS) is 12.4. The summed E-state index contributed by atoms with van der Waals surface area (Å²) in [5.41, 5.74) is -0.160. The topological polar surface area (TPSA) is 72.2 Å². The van der Waals surface area contributed by atoms with Gasteiger partial charge in [-0.3, -0.25) is 9.59 Å². The van der Waals surface area contributed by atoms with Gasteiger partial charge < -0.3 is 9.67 Å². The lowest BCUT2D eigenvalue weighted by Gasteiger charge is -2.06. The number of aryl methyl sites for hydroxylation is 1. The van der Waals surface area contributed by atoms with Crippen LogP contribution in [0.2, 0.25) is 0 Å². The molecule has 1 rings (SSSR count). The maximum atomic E-state index is 11.7. The second kappa shape index (κ2) is 5.69. The maximum Gasteiger partial charge on any atom is 0.307 e. The fraction of sp³-hybridized carbons (Fsp3) is 0.500. The van der Waals surface area contributed by atoms with E-state index in [-0.39, 0.29) is 5.56 Å². The van der Waals surface area contributed by atoms with Gasteiger partial charge in [0.15, 0.2) is 5.03 Å². The van der Waals surface area contributed by atoms with Crippen LogP contribution in [0.1, 0.15) is 13.8 Å². The van der Waals surface area contributed by atoms with Crippen molar-refractivity contribution >= 4 is 17.7 Å². The quantitative estimate of drug-likeness (QED) is 0.782. The molecule has 0 aliphatic carbocycles. The highest BCUT2D eigenvalue weighted by Gasteiger charge is 2.13. The minimum absolute atomic E-state index is 0.160. The van der Waals surface area contributed by atoms with E-state index in [1.54, 1.807) is 23.9 Å². The Morgan fingerprint density at radius 3 is 2.94 bits per heavy atom. The number of aliphatic carboxylic acids is 1. The molecule has 5 nitrogen and oxygen atoms in total. The fourth-order valence-electron chi connectivity index (χ4n) is 1.05. The third-order valence-corrected chi connectivity index (χ3v) is 3.33. The number of carboxylic acids is 1. The van der Waals surface area contributed by atoms with Crippen LogP contribution in [-0.2, 0) is 11.3 Å². The van der Waals surface area contributed by atoms with Crippen molar-refractivity contribution in [3.05, 3.63) is 22.7 Å². The molecule has 0 aliphatic heterocycles. The highest BCUT2D eigenvalue weighted by Crippen LogP contribution is 2.14. The number of rotatable bonds is 5. The third kappa shape index (κ3) is 3.10. The number of hydrogen-bond donors (Lipinski definition) is 1. The summed E-state index contributed by atoms with van der Waals surface area (Å²) in [5, 5.41) is 9.07. The molecule has 1 aromatic heterocycles. The van der Waals surface area contributed by atoms with Gasteiger partial charge in [-0.05, 0) is 6.92 Å². The van der Waals surface area contributed by atoms with E-state index in [0.29, 0.717) is 17.3 Å². The predicted octanol–water partition coefficient (Wildman–Crippen LogP) is 1.08. The van der Waals surface area contributed by atoms with E-state index in [9.17, 15) is 9.59 Å². The molecule has 0 saturated heterocycles. The highest BCUT2D eigenvalue weighted by atomic mass is 32.2. The van der Waals surface area contributed by atoms with Crippen LogP contribution in [0.25, 0.3) is 0 Å². The van der Waals surface area contributed by atoms with Crippen LogP contribution in [0.4, 0.5) is 0 Å². The van der Waals surface area contributed by atoms with E-state index in [0.717, 1.165) is 0 Å². The molecule has 0 bridgehead atoms. The number of nitrogens with zero attached hydrogens (tertiary/aromatic N) is 2. The zero-order valence-corrected chi connectivity index (χ0v) is 10.0. The van der Waals surface area contributed by atoms with E-state index >= 15 is 0 Å². The molecule has 0 spiro atoms. The second-order valence-electron chi connectivity index (χ2n) is 3.37. The van der Waals surface area contributed by atoms with Crippen molar-refractivity contribution in [2.45, 2.75) is 25.4 Å². The van der Waals surface area contributed by atoms with Gasteiger partial charge in [0.1, 0.15) is 0 Å². The molecule has 1 atom stereocenters. The largest absolute Gasteiger partial charge is 0.481 e. The van der Waals surface area contributed by atoms with Crippen molar-refractivity contribution in [1.29, 1.82) is 0 Å². The zero-order valence-electron chi connectivity index (χ0n) is 9.21. The van der Waals surface area contributed by atoms with Crippen molar-refractivity contribution in [2.24, 2.45) is 5.92 Å². The Morgan fingerprint density at radius 2 is 2.38 bits per heavy atom. The molecule has 0 amide bonds. The van der Waals surface area contributed by atoms with Crippen LogP contribution in [0.5, 0.6) is 0 Å². The van der Waals surface area contributed by atoms with Gasteiger partial charge in [0.2, 0.25) is 0 Å². The molecule has 0 aromatic carbocycles. The van der Waals surface area contributed by atoms with Gasteiger partial charge in [-0.1, -0.05) is 18.7 Å². The summed E-state index contributed by atoms with van der Waals surface area (Å²) >= 11 is 1.19. The first-order chi connectivity index (χ1) is 7.56. The zero-order chi connectivity index (χ0) is 12.1. The van der Waals surface area contributed by atoms with Crippen LogP contribution in [0.3, 0.4) is 0 Å². The second-order valence-corrected chi connectivity index (χ2v) is 4.38. The number of thioether (sulfide) groups is 1. The first-order valence-electron chi connectivity index (χ1n) is 4.97. The maximum absolute atomic E-state index is 11.7. The summed E-state index contributed by atoms with van der Waals surface area (Å²) in [5.74, 6) is -0.994. The molecule has 1 aromatic rings. The number of hydrogen-bond acceptors (Lipinski definition) is 4. The van der Waals surface area contributed by atoms with Crippen molar-refractivity contribution in [1.82, 2.24) is 9.55 Å². The molecular weight excluding hydrogens is 228 g/mol. The van der Waals surface area contributed by atoms with Gasteiger partial charge in [-0.15, -0.1) is 0 Å². The molecule has 1 unspecified atom stereocenters. The number of aromatic nitrogens is 2. The van der Waals surface area contributed by atoms with Crippen molar-refractivity contribution in [3.63, 3.8) is 0 Å². The molecule has 0 radical (unpaired) electrons. The number of carbonyl (C=O) groups is 1. The van der Waals surface area contributed by atoms with Gasteiger partial charge in [0, 0.05) is 24.7 Å². The van der Waals surface area contributed by atoms with Crippen LogP contribution in [-0.4, -0.2) is 26.4 Å². The summed E-state index contributed by atoms with van der Waals surface area (Å²) in [4.78, 5) is 26.3. The lowest BCUT2D eigenvalue weighted by Crippen LogP contribution is -2.22. The van der Waals surface area contributed by atoms with Gasteiger partial charge in [-0.25, -0.2) is 4.98 Å². The lowest BCUT2D eigenvalue weighted by molar-refractivity contribution is -0.140. The summed E-state index contributed by atoms with van der Waals surface area (Å²) in [6.07, 6.45) is 3.17. The van der Waals surface area contributed by atoms with Gasteiger partial charge >= 0.3 is 5.97 Å². The summed E-state index contributed by atoms with van der Waals surface area (Å²) in [6, 6.07) is 0. The Balaban J connectivity index is 2.75. The van der Waals surface area contributed by atoms with E-state index in [1.165, 1.54) is 11.8 Å². The monoisotopic (exact) mass is 242 g/mol. The minimum atomic E-state index is -0.862.